The smallest absolute Gasteiger partial charge is 0.248 e. The highest BCUT2D eigenvalue weighted by atomic mass is 35.5. The number of guanidine groups is 1. The van der Waals surface area contributed by atoms with Crippen molar-refractivity contribution in [3.8, 4) is 11.4 Å². The van der Waals surface area contributed by atoms with E-state index in [9.17, 15) is 0 Å². The van der Waals surface area contributed by atoms with Crippen molar-refractivity contribution in [1.29, 1.82) is 0 Å². The molecular weight excluding hydrogens is 402 g/mol. The maximum absolute atomic E-state index is 6.05. The average molecular weight is 428 g/mol. The topological polar surface area (TPSA) is 84.4 Å². The Hall–Kier alpha value is -2.87. The second-order valence-electron chi connectivity index (χ2n) is 7.52. The van der Waals surface area contributed by atoms with E-state index in [1.165, 1.54) is 5.56 Å². The quantitative estimate of drug-likeness (QED) is 0.480. The third kappa shape index (κ3) is 4.99. The Morgan fingerprint density at radius 1 is 1.40 bits per heavy atom. The van der Waals surface area contributed by atoms with E-state index >= 15 is 0 Å². The van der Waals surface area contributed by atoms with Gasteiger partial charge in [-0.25, -0.2) is 4.99 Å². The lowest BCUT2D eigenvalue weighted by molar-refractivity contribution is 0.379. The summed E-state index contributed by atoms with van der Waals surface area (Å²) in [5.74, 6) is 2.47. The van der Waals surface area contributed by atoms with Crippen LogP contribution in [0.5, 0.6) is 0 Å². The first kappa shape index (κ1) is 20.4. The molecule has 2 aromatic heterocycles. The molecule has 0 saturated carbocycles. The minimum absolute atomic E-state index is 0.333. The standard InChI is InChI=1S/C21H26ClN7O/c1-3-23-21(29-8-7-15(14-29)9-16-11-25-28(2)13-16)24-12-19-26-20(27-30-19)17-5-4-6-18(22)10-17/h4-6,10-11,13,15H,3,7-9,12,14H2,1-2H3,(H,23,24). The summed E-state index contributed by atoms with van der Waals surface area (Å²) in [6, 6.07) is 7.40. The van der Waals surface area contributed by atoms with Gasteiger partial charge in [0.1, 0.15) is 6.54 Å². The molecule has 0 aliphatic carbocycles. The zero-order chi connectivity index (χ0) is 20.9. The number of benzene rings is 1. The van der Waals surface area contributed by atoms with E-state index in [4.69, 9.17) is 21.1 Å². The van der Waals surface area contributed by atoms with Gasteiger partial charge in [-0.2, -0.15) is 10.1 Å². The maximum atomic E-state index is 6.05. The van der Waals surface area contributed by atoms with Gasteiger partial charge in [0.25, 0.3) is 0 Å². The number of hydrogen-bond acceptors (Lipinski definition) is 5. The fourth-order valence-corrected chi connectivity index (χ4v) is 3.92. The minimum atomic E-state index is 0.333. The van der Waals surface area contributed by atoms with E-state index in [0.717, 1.165) is 44.0 Å². The number of aromatic nitrogens is 4. The van der Waals surface area contributed by atoms with Crippen LogP contribution in [0.2, 0.25) is 5.02 Å². The van der Waals surface area contributed by atoms with Crippen molar-refractivity contribution in [2.24, 2.45) is 18.0 Å². The summed E-state index contributed by atoms with van der Waals surface area (Å²) < 4.78 is 7.24. The van der Waals surface area contributed by atoms with Crippen LogP contribution in [0.15, 0.2) is 46.2 Å². The van der Waals surface area contributed by atoms with Crippen molar-refractivity contribution in [3.05, 3.63) is 53.1 Å². The lowest BCUT2D eigenvalue weighted by Crippen LogP contribution is -2.40. The van der Waals surface area contributed by atoms with Gasteiger partial charge in [-0.3, -0.25) is 4.68 Å². The predicted octanol–water partition coefficient (Wildman–Crippen LogP) is 3.15. The molecule has 1 atom stereocenters. The van der Waals surface area contributed by atoms with Gasteiger partial charge in [-0.05, 0) is 43.4 Å². The van der Waals surface area contributed by atoms with Crippen molar-refractivity contribution in [3.63, 3.8) is 0 Å². The van der Waals surface area contributed by atoms with Crippen LogP contribution in [-0.2, 0) is 20.0 Å². The van der Waals surface area contributed by atoms with Gasteiger partial charge in [-0.1, -0.05) is 28.9 Å². The molecule has 1 aromatic carbocycles. The fourth-order valence-electron chi connectivity index (χ4n) is 3.73. The SMILES string of the molecule is CCNC(=NCc1nc(-c2cccc(Cl)c2)no1)N1CCC(Cc2cnn(C)c2)C1. The lowest BCUT2D eigenvalue weighted by Gasteiger charge is -2.21. The molecule has 1 fully saturated rings. The first-order valence-corrected chi connectivity index (χ1v) is 10.6. The molecule has 0 bridgehead atoms. The Morgan fingerprint density at radius 2 is 2.30 bits per heavy atom. The molecule has 1 aliphatic rings. The predicted molar refractivity (Wildman–Crippen MR) is 116 cm³/mol. The van der Waals surface area contributed by atoms with Gasteiger partial charge in [0.2, 0.25) is 11.7 Å². The summed E-state index contributed by atoms with van der Waals surface area (Å²) in [4.78, 5) is 11.5. The molecule has 30 heavy (non-hydrogen) atoms. The first-order valence-electron chi connectivity index (χ1n) is 10.2. The molecule has 0 amide bonds. The summed E-state index contributed by atoms with van der Waals surface area (Å²) >= 11 is 6.05. The zero-order valence-electron chi connectivity index (χ0n) is 17.3. The number of halogens is 1. The minimum Gasteiger partial charge on any atom is -0.357 e. The van der Waals surface area contributed by atoms with Gasteiger partial charge >= 0.3 is 0 Å². The third-order valence-electron chi connectivity index (χ3n) is 5.12. The number of aryl methyl sites for hydroxylation is 1. The Balaban J connectivity index is 1.39. The summed E-state index contributed by atoms with van der Waals surface area (Å²) in [5.41, 5.74) is 2.11. The lowest BCUT2D eigenvalue weighted by atomic mass is 10.0. The van der Waals surface area contributed by atoms with Gasteiger partial charge in [0.05, 0.1) is 6.20 Å². The Labute approximate surface area is 180 Å². The Morgan fingerprint density at radius 3 is 3.07 bits per heavy atom. The molecule has 3 aromatic rings. The van der Waals surface area contributed by atoms with Crippen molar-refractivity contribution in [1.82, 2.24) is 30.1 Å². The Kier molecular flexibility index (Phi) is 6.32. The third-order valence-corrected chi connectivity index (χ3v) is 5.35. The second kappa shape index (κ2) is 9.30. The van der Waals surface area contributed by atoms with Gasteiger partial charge in [0, 0.05) is 43.5 Å². The molecule has 1 aliphatic heterocycles. The number of rotatable bonds is 6. The molecule has 8 nitrogen and oxygen atoms in total. The highest BCUT2D eigenvalue weighted by Gasteiger charge is 2.25. The number of aliphatic imine (C=N–C) groups is 1. The fraction of sp³-hybridized carbons (Fsp3) is 0.429. The highest BCUT2D eigenvalue weighted by molar-refractivity contribution is 6.30. The molecule has 158 valence electrons. The van der Waals surface area contributed by atoms with Crippen molar-refractivity contribution < 1.29 is 4.52 Å². The average Bonchev–Trinajstić information content (AvgIpc) is 3.47. The summed E-state index contributed by atoms with van der Waals surface area (Å²) in [5, 5.41) is 12.3. The number of nitrogens with zero attached hydrogens (tertiary/aromatic N) is 6. The van der Waals surface area contributed by atoms with E-state index in [-0.39, 0.29) is 0 Å². The molecule has 1 unspecified atom stereocenters. The number of likely N-dealkylation sites (tertiary alicyclic amines) is 1. The van der Waals surface area contributed by atoms with Crippen molar-refractivity contribution in [2.75, 3.05) is 19.6 Å². The van der Waals surface area contributed by atoms with E-state index in [0.29, 0.717) is 29.2 Å². The molecular formula is C21H26ClN7O. The second-order valence-corrected chi connectivity index (χ2v) is 7.96. The van der Waals surface area contributed by atoms with Crippen LogP contribution in [0, 0.1) is 5.92 Å². The molecule has 1 N–H and O–H groups in total. The van der Waals surface area contributed by atoms with Crippen LogP contribution in [0.3, 0.4) is 0 Å². The van der Waals surface area contributed by atoms with Crippen molar-refractivity contribution in [2.45, 2.75) is 26.3 Å². The van der Waals surface area contributed by atoms with Crippen LogP contribution in [0.25, 0.3) is 11.4 Å². The van der Waals surface area contributed by atoms with E-state index in [1.807, 2.05) is 42.2 Å². The molecule has 0 spiro atoms. The molecule has 0 radical (unpaired) electrons. The van der Waals surface area contributed by atoms with Crippen LogP contribution in [0.4, 0.5) is 0 Å². The van der Waals surface area contributed by atoms with E-state index in [1.54, 1.807) is 0 Å². The van der Waals surface area contributed by atoms with E-state index < -0.39 is 0 Å². The van der Waals surface area contributed by atoms with E-state index in [2.05, 4.69) is 38.6 Å². The summed E-state index contributed by atoms with van der Waals surface area (Å²) in [6.07, 6.45) is 6.22. The van der Waals surface area contributed by atoms with Crippen molar-refractivity contribution >= 4 is 17.6 Å². The number of hydrogen-bond donors (Lipinski definition) is 1. The maximum Gasteiger partial charge on any atom is 0.248 e. The Bertz CT molecular complexity index is 1010. The largest absolute Gasteiger partial charge is 0.357 e. The van der Waals surface area contributed by atoms with Gasteiger partial charge in [-0.15, -0.1) is 0 Å². The molecule has 9 heteroatoms. The molecule has 1 saturated heterocycles. The number of nitrogens with one attached hydrogen (secondary N) is 1. The molecule has 4 rings (SSSR count). The van der Waals surface area contributed by atoms with Crippen LogP contribution in [-0.4, -0.2) is 50.4 Å². The summed E-state index contributed by atoms with van der Waals surface area (Å²) in [6.45, 7) is 5.16. The summed E-state index contributed by atoms with van der Waals surface area (Å²) in [7, 11) is 1.95. The first-order chi connectivity index (χ1) is 14.6. The van der Waals surface area contributed by atoms with Crippen LogP contribution >= 0.6 is 11.6 Å². The van der Waals surface area contributed by atoms with Gasteiger partial charge in [0.15, 0.2) is 5.96 Å². The normalized spacial score (nSPS) is 17.0. The zero-order valence-corrected chi connectivity index (χ0v) is 18.0. The van der Waals surface area contributed by atoms with Crippen LogP contribution < -0.4 is 5.32 Å². The van der Waals surface area contributed by atoms with Crippen LogP contribution in [0.1, 0.15) is 24.8 Å². The highest BCUT2D eigenvalue weighted by Crippen LogP contribution is 2.22. The molecule has 3 heterocycles. The van der Waals surface area contributed by atoms with Gasteiger partial charge < -0.3 is 14.7 Å². The monoisotopic (exact) mass is 427 g/mol.